The number of ether oxygens (including phenoxy) is 1. The standard InChI is InChI=1S/C13H16ClN5O2/c1-17-13(16)19-12(20)11-6-8-9(14)4-7(21-3-2-15)5-10(8)18-11/h4-6,18H,2-3,15H2,1H3,(H3,16,17,19,20). The first-order chi connectivity index (χ1) is 10.0. The van der Waals surface area contributed by atoms with Gasteiger partial charge in [0.2, 0.25) is 0 Å². The Balaban J connectivity index is 2.32. The molecule has 0 unspecified atom stereocenters. The molecule has 0 saturated heterocycles. The lowest BCUT2D eigenvalue weighted by molar-refractivity contribution is 0.0972. The van der Waals surface area contributed by atoms with Crippen molar-refractivity contribution in [2.45, 2.75) is 0 Å². The molecule has 7 nitrogen and oxygen atoms in total. The SMILES string of the molecule is CN=C(N)NC(=O)c1cc2c(Cl)cc(OCCN)cc2[nH]1. The quantitative estimate of drug-likeness (QED) is 0.494. The van der Waals surface area contributed by atoms with E-state index in [-0.39, 0.29) is 5.96 Å². The van der Waals surface area contributed by atoms with Crippen molar-refractivity contribution in [2.24, 2.45) is 16.5 Å². The summed E-state index contributed by atoms with van der Waals surface area (Å²) in [4.78, 5) is 18.6. The molecular formula is C13H16ClN5O2. The molecule has 21 heavy (non-hydrogen) atoms. The van der Waals surface area contributed by atoms with Gasteiger partial charge < -0.3 is 21.2 Å². The Morgan fingerprint density at radius 2 is 2.24 bits per heavy atom. The number of benzene rings is 1. The van der Waals surface area contributed by atoms with E-state index in [9.17, 15) is 4.79 Å². The molecule has 0 aliphatic carbocycles. The molecule has 0 aliphatic rings. The van der Waals surface area contributed by atoms with Crippen LogP contribution in [-0.2, 0) is 0 Å². The number of aliphatic imine (C=N–C) groups is 1. The third-order valence-electron chi connectivity index (χ3n) is 2.77. The largest absolute Gasteiger partial charge is 0.492 e. The second-order valence-electron chi connectivity index (χ2n) is 4.25. The van der Waals surface area contributed by atoms with Crippen LogP contribution >= 0.6 is 11.6 Å². The Hall–Kier alpha value is -2.25. The van der Waals surface area contributed by atoms with Crippen molar-refractivity contribution in [1.82, 2.24) is 10.3 Å². The number of hydrogen-bond acceptors (Lipinski definition) is 4. The number of amides is 1. The second kappa shape index (κ2) is 6.47. The third-order valence-corrected chi connectivity index (χ3v) is 3.09. The van der Waals surface area contributed by atoms with Crippen molar-refractivity contribution >= 4 is 34.4 Å². The fraction of sp³-hybridized carbons (Fsp3) is 0.231. The molecule has 1 aromatic carbocycles. The molecule has 112 valence electrons. The van der Waals surface area contributed by atoms with E-state index < -0.39 is 5.91 Å². The predicted molar refractivity (Wildman–Crippen MR) is 82.9 cm³/mol. The maximum atomic E-state index is 12.0. The fourth-order valence-electron chi connectivity index (χ4n) is 1.79. The highest BCUT2D eigenvalue weighted by Gasteiger charge is 2.13. The Bertz CT molecular complexity index is 695. The van der Waals surface area contributed by atoms with Crippen molar-refractivity contribution in [3.8, 4) is 5.75 Å². The summed E-state index contributed by atoms with van der Waals surface area (Å²) in [5.74, 6) is 0.230. The molecule has 0 bridgehead atoms. The van der Waals surface area contributed by atoms with Crippen LogP contribution in [0.3, 0.4) is 0 Å². The van der Waals surface area contributed by atoms with E-state index in [2.05, 4.69) is 15.3 Å². The minimum atomic E-state index is -0.394. The molecule has 1 amide bonds. The summed E-state index contributed by atoms with van der Waals surface area (Å²) in [6, 6.07) is 5.07. The highest BCUT2D eigenvalue weighted by molar-refractivity contribution is 6.35. The van der Waals surface area contributed by atoms with E-state index in [4.69, 9.17) is 27.8 Å². The second-order valence-corrected chi connectivity index (χ2v) is 4.66. The molecule has 0 radical (unpaired) electrons. The van der Waals surface area contributed by atoms with E-state index in [1.54, 1.807) is 18.2 Å². The lowest BCUT2D eigenvalue weighted by Crippen LogP contribution is -2.36. The third kappa shape index (κ3) is 3.45. The smallest absolute Gasteiger partial charge is 0.274 e. The number of rotatable bonds is 4. The molecule has 2 aromatic rings. The van der Waals surface area contributed by atoms with Gasteiger partial charge in [0.25, 0.3) is 5.91 Å². The van der Waals surface area contributed by atoms with Gasteiger partial charge in [-0.25, -0.2) is 0 Å². The predicted octanol–water partition coefficient (Wildman–Crippen LogP) is 0.833. The van der Waals surface area contributed by atoms with Gasteiger partial charge in [0.15, 0.2) is 5.96 Å². The molecule has 0 saturated carbocycles. The maximum absolute atomic E-state index is 12.0. The van der Waals surface area contributed by atoms with Crippen LogP contribution in [0.2, 0.25) is 5.02 Å². The highest BCUT2D eigenvalue weighted by Crippen LogP contribution is 2.29. The zero-order chi connectivity index (χ0) is 15.4. The molecule has 1 aromatic heterocycles. The zero-order valence-electron chi connectivity index (χ0n) is 11.4. The summed E-state index contributed by atoms with van der Waals surface area (Å²) < 4.78 is 5.43. The number of carbonyl (C=O) groups excluding carboxylic acids is 1. The topological polar surface area (TPSA) is 119 Å². The Morgan fingerprint density at radius 3 is 2.90 bits per heavy atom. The van der Waals surface area contributed by atoms with Gasteiger partial charge in [0.1, 0.15) is 18.1 Å². The van der Waals surface area contributed by atoms with E-state index in [0.29, 0.717) is 40.5 Å². The van der Waals surface area contributed by atoms with Gasteiger partial charge in [-0.1, -0.05) is 11.6 Å². The number of carbonyl (C=O) groups is 1. The van der Waals surface area contributed by atoms with Crippen molar-refractivity contribution in [3.63, 3.8) is 0 Å². The first-order valence-corrected chi connectivity index (χ1v) is 6.61. The van der Waals surface area contributed by atoms with Crippen molar-refractivity contribution in [3.05, 3.63) is 28.9 Å². The molecule has 0 fully saturated rings. The Morgan fingerprint density at radius 1 is 1.48 bits per heavy atom. The number of hydrogen-bond donors (Lipinski definition) is 4. The van der Waals surface area contributed by atoms with Gasteiger partial charge in [-0.2, -0.15) is 0 Å². The van der Waals surface area contributed by atoms with Crippen molar-refractivity contribution < 1.29 is 9.53 Å². The minimum Gasteiger partial charge on any atom is -0.492 e. The number of nitrogens with two attached hydrogens (primary N) is 2. The van der Waals surface area contributed by atoms with Crippen LogP contribution < -0.4 is 21.5 Å². The average molecular weight is 310 g/mol. The first kappa shape index (κ1) is 15.1. The van der Waals surface area contributed by atoms with Crippen LogP contribution in [-0.4, -0.2) is 37.1 Å². The summed E-state index contributed by atoms with van der Waals surface area (Å²) in [7, 11) is 1.48. The summed E-state index contributed by atoms with van der Waals surface area (Å²) in [6.07, 6.45) is 0. The van der Waals surface area contributed by atoms with Crippen LogP contribution in [0, 0.1) is 0 Å². The van der Waals surface area contributed by atoms with Crippen LogP contribution in [0.5, 0.6) is 5.75 Å². The normalized spacial score (nSPS) is 11.7. The van der Waals surface area contributed by atoms with Crippen LogP contribution in [0.15, 0.2) is 23.2 Å². The number of nitrogens with zero attached hydrogens (tertiary/aromatic N) is 1. The number of aromatic nitrogens is 1. The summed E-state index contributed by atoms with van der Waals surface area (Å²) >= 11 is 6.18. The molecular weight excluding hydrogens is 294 g/mol. The fourth-order valence-corrected chi connectivity index (χ4v) is 2.05. The van der Waals surface area contributed by atoms with Crippen LogP contribution in [0.25, 0.3) is 10.9 Å². The molecule has 2 rings (SSSR count). The zero-order valence-corrected chi connectivity index (χ0v) is 12.2. The molecule has 0 spiro atoms. The van der Waals surface area contributed by atoms with E-state index in [1.165, 1.54) is 7.05 Å². The Labute approximate surface area is 126 Å². The van der Waals surface area contributed by atoms with Crippen LogP contribution in [0.4, 0.5) is 0 Å². The average Bonchev–Trinajstić information content (AvgIpc) is 2.89. The maximum Gasteiger partial charge on any atom is 0.274 e. The van der Waals surface area contributed by atoms with Gasteiger partial charge in [-0.05, 0) is 12.1 Å². The van der Waals surface area contributed by atoms with E-state index in [1.807, 2.05) is 0 Å². The number of guanidine groups is 1. The molecule has 1 heterocycles. The molecule has 6 N–H and O–H groups in total. The Kier molecular flexibility index (Phi) is 4.66. The number of fused-ring (bicyclic) bond motifs is 1. The number of H-pyrrole nitrogens is 1. The summed E-state index contributed by atoms with van der Waals surface area (Å²) in [5.41, 5.74) is 11.9. The van der Waals surface area contributed by atoms with Gasteiger partial charge in [-0.3, -0.25) is 15.1 Å². The molecule has 8 heteroatoms. The first-order valence-electron chi connectivity index (χ1n) is 6.24. The van der Waals surface area contributed by atoms with Crippen molar-refractivity contribution in [1.29, 1.82) is 0 Å². The number of halogens is 1. The molecule has 0 aliphatic heterocycles. The van der Waals surface area contributed by atoms with Crippen molar-refractivity contribution in [2.75, 3.05) is 20.2 Å². The van der Waals surface area contributed by atoms with Gasteiger partial charge in [-0.15, -0.1) is 0 Å². The molecule has 0 atom stereocenters. The van der Waals surface area contributed by atoms with E-state index >= 15 is 0 Å². The highest BCUT2D eigenvalue weighted by atomic mass is 35.5. The summed E-state index contributed by atoms with van der Waals surface area (Å²) in [6.45, 7) is 0.795. The number of aromatic amines is 1. The van der Waals surface area contributed by atoms with E-state index in [0.717, 1.165) is 0 Å². The van der Waals surface area contributed by atoms with Gasteiger partial charge >= 0.3 is 0 Å². The lowest BCUT2D eigenvalue weighted by atomic mass is 10.2. The lowest BCUT2D eigenvalue weighted by Gasteiger charge is -2.05. The summed E-state index contributed by atoms with van der Waals surface area (Å²) in [5, 5.41) is 3.64. The number of nitrogens with one attached hydrogen (secondary N) is 2. The monoisotopic (exact) mass is 309 g/mol. The van der Waals surface area contributed by atoms with Gasteiger partial charge in [0.05, 0.1) is 10.5 Å². The minimum absolute atomic E-state index is 0.0386. The van der Waals surface area contributed by atoms with Gasteiger partial charge in [0, 0.05) is 25.0 Å². The van der Waals surface area contributed by atoms with Crippen LogP contribution in [0.1, 0.15) is 10.5 Å².